The van der Waals surface area contributed by atoms with Gasteiger partial charge >= 0.3 is 6.03 Å². The number of hydrogen-bond donors (Lipinski definition) is 3. The zero-order valence-corrected chi connectivity index (χ0v) is 12.2. The summed E-state index contributed by atoms with van der Waals surface area (Å²) < 4.78 is 1.81. The smallest absolute Gasteiger partial charge is 0.319 e. The molecule has 1 aromatic carbocycles. The van der Waals surface area contributed by atoms with E-state index in [0.717, 1.165) is 5.56 Å². The van der Waals surface area contributed by atoms with Crippen LogP contribution in [-0.2, 0) is 6.54 Å². The van der Waals surface area contributed by atoms with Crippen molar-refractivity contribution in [1.82, 2.24) is 15.1 Å². The quantitative estimate of drug-likeness (QED) is 0.785. The fraction of sp³-hybridized carbons (Fsp3) is 0.333. The van der Waals surface area contributed by atoms with Crippen molar-refractivity contribution in [3.63, 3.8) is 0 Å². The molecule has 1 aromatic heterocycles. The summed E-state index contributed by atoms with van der Waals surface area (Å²) in [6, 6.07) is 9.09. The molecule has 2 amide bonds. The average molecular weight is 288 g/mol. The van der Waals surface area contributed by atoms with Crippen LogP contribution in [0.3, 0.4) is 0 Å². The normalized spacial score (nSPS) is 11.2. The number of urea groups is 1. The van der Waals surface area contributed by atoms with E-state index in [1.165, 1.54) is 0 Å². The van der Waals surface area contributed by atoms with Gasteiger partial charge in [-0.15, -0.1) is 0 Å². The molecule has 0 fully saturated rings. The Hall–Kier alpha value is -2.34. The number of anilines is 1. The molecule has 0 saturated heterocycles. The Morgan fingerprint density at radius 2 is 2.19 bits per heavy atom. The van der Waals surface area contributed by atoms with E-state index < -0.39 is 5.54 Å². The second-order valence-electron chi connectivity index (χ2n) is 5.53. The number of benzene rings is 1. The highest BCUT2D eigenvalue weighted by molar-refractivity contribution is 5.89. The Morgan fingerprint density at radius 1 is 1.38 bits per heavy atom. The first-order valence-corrected chi connectivity index (χ1v) is 6.75. The summed E-state index contributed by atoms with van der Waals surface area (Å²) >= 11 is 0. The van der Waals surface area contributed by atoms with Gasteiger partial charge in [0.2, 0.25) is 0 Å². The summed E-state index contributed by atoms with van der Waals surface area (Å²) in [5.41, 5.74) is 1.08. The van der Waals surface area contributed by atoms with Crippen LogP contribution in [0, 0.1) is 0 Å². The third kappa shape index (κ3) is 4.61. The first-order chi connectivity index (χ1) is 9.98. The summed E-state index contributed by atoms with van der Waals surface area (Å²) in [6.07, 6.45) is 3.61. The van der Waals surface area contributed by atoms with Crippen LogP contribution in [0.2, 0.25) is 0 Å². The summed E-state index contributed by atoms with van der Waals surface area (Å²) in [5.74, 6) is 0. The predicted molar refractivity (Wildman–Crippen MR) is 81.1 cm³/mol. The van der Waals surface area contributed by atoms with Gasteiger partial charge in [0.15, 0.2) is 0 Å². The molecule has 0 spiro atoms. The van der Waals surface area contributed by atoms with Gasteiger partial charge in [0.05, 0.1) is 18.7 Å². The first kappa shape index (κ1) is 15.1. The summed E-state index contributed by atoms with van der Waals surface area (Å²) in [4.78, 5) is 11.9. The Kier molecular flexibility index (Phi) is 4.59. The molecule has 21 heavy (non-hydrogen) atoms. The van der Waals surface area contributed by atoms with Gasteiger partial charge in [0.25, 0.3) is 0 Å². The molecule has 0 unspecified atom stereocenters. The molecule has 1 heterocycles. The lowest BCUT2D eigenvalue weighted by molar-refractivity contribution is 0.187. The monoisotopic (exact) mass is 288 g/mol. The van der Waals surface area contributed by atoms with E-state index in [4.69, 9.17) is 5.11 Å². The molecule has 6 heteroatoms. The maximum atomic E-state index is 11.9. The molecule has 3 N–H and O–H groups in total. The second kappa shape index (κ2) is 6.41. The molecule has 0 aliphatic rings. The van der Waals surface area contributed by atoms with Crippen LogP contribution in [0.25, 0.3) is 0 Å². The Labute approximate surface area is 123 Å². The van der Waals surface area contributed by atoms with Crippen LogP contribution >= 0.6 is 0 Å². The minimum Gasteiger partial charge on any atom is -0.394 e. The number of nitrogens with one attached hydrogen (secondary N) is 2. The first-order valence-electron chi connectivity index (χ1n) is 6.75. The minimum absolute atomic E-state index is 0.125. The molecule has 0 aliphatic heterocycles. The van der Waals surface area contributed by atoms with Crippen LogP contribution in [0.1, 0.15) is 19.4 Å². The molecule has 0 saturated carbocycles. The largest absolute Gasteiger partial charge is 0.394 e. The van der Waals surface area contributed by atoms with Gasteiger partial charge in [-0.2, -0.15) is 5.10 Å². The highest BCUT2D eigenvalue weighted by Crippen LogP contribution is 2.12. The van der Waals surface area contributed by atoms with Crippen molar-refractivity contribution in [2.24, 2.45) is 0 Å². The van der Waals surface area contributed by atoms with Crippen LogP contribution in [0.15, 0.2) is 42.7 Å². The maximum absolute atomic E-state index is 11.9. The van der Waals surface area contributed by atoms with Crippen molar-refractivity contribution in [3.05, 3.63) is 48.3 Å². The highest BCUT2D eigenvalue weighted by atomic mass is 16.3. The van der Waals surface area contributed by atoms with E-state index in [1.54, 1.807) is 20.0 Å². The molecule has 0 aliphatic carbocycles. The molecule has 2 aromatic rings. The van der Waals surface area contributed by atoms with E-state index >= 15 is 0 Å². The number of rotatable bonds is 5. The zero-order chi connectivity index (χ0) is 15.3. The van der Waals surface area contributed by atoms with Gasteiger partial charge in [-0.25, -0.2) is 4.79 Å². The topological polar surface area (TPSA) is 79.2 Å². The predicted octanol–water partition coefficient (Wildman–Crippen LogP) is 1.82. The van der Waals surface area contributed by atoms with Crippen LogP contribution in [0.4, 0.5) is 10.5 Å². The van der Waals surface area contributed by atoms with Gasteiger partial charge in [-0.1, -0.05) is 12.1 Å². The van der Waals surface area contributed by atoms with E-state index in [9.17, 15) is 4.79 Å². The van der Waals surface area contributed by atoms with Crippen molar-refractivity contribution >= 4 is 11.7 Å². The van der Waals surface area contributed by atoms with Crippen molar-refractivity contribution in [1.29, 1.82) is 0 Å². The molecule has 6 nitrogen and oxygen atoms in total. The lowest BCUT2D eigenvalue weighted by Gasteiger charge is -2.23. The Balaban J connectivity index is 1.99. The lowest BCUT2D eigenvalue weighted by atomic mass is 10.1. The Morgan fingerprint density at radius 3 is 2.86 bits per heavy atom. The van der Waals surface area contributed by atoms with Crippen molar-refractivity contribution in [2.75, 3.05) is 11.9 Å². The lowest BCUT2D eigenvalue weighted by Crippen LogP contribution is -2.48. The summed E-state index contributed by atoms with van der Waals surface area (Å²) in [5, 5.41) is 18.8. The number of aliphatic hydroxyl groups excluding tert-OH is 1. The fourth-order valence-electron chi connectivity index (χ4n) is 1.84. The van der Waals surface area contributed by atoms with Gasteiger partial charge in [-0.3, -0.25) is 4.68 Å². The molecule has 0 bridgehead atoms. The number of amides is 2. The number of hydrogen-bond acceptors (Lipinski definition) is 3. The van der Waals surface area contributed by atoms with Crippen LogP contribution in [-0.4, -0.2) is 33.1 Å². The molecule has 0 radical (unpaired) electrons. The third-order valence-electron chi connectivity index (χ3n) is 2.94. The van der Waals surface area contributed by atoms with Gasteiger partial charge in [0, 0.05) is 18.1 Å². The number of carbonyl (C=O) groups excluding carboxylic acids is 1. The molecule has 2 rings (SSSR count). The fourth-order valence-corrected chi connectivity index (χ4v) is 1.84. The maximum Gasteiger partial charge on any atom is 0.319 e. The average Bonchev–Trinajstić information content (AvgIpc) is 2.91. The molecule has 112 valence electrons. The summed E-state index contributed by atoms with van der Waals surface area (Å²) in [6.45, 7) is 4.02. The second-order valence-corrected chi connectivity index (χ2v) is 5.53. The molecule has 0 atom stereocenters. The summed E-state index contributed by atoms with van der Waals surface area (Å²) in [7, 11) is 0. The van der Waals surface area contributed by atoms with Crippen molar-refractivity contribution in [2.45, 2.75) is 25.9 Å². The standard InChI is InChI=1S/C15H20N4O2/c1-15(2,11-20)18-14(21)17-13-6-3-5-12(9-13)10-19-8-4-7-16-19/h3-9,20H,10-11H2,1-2H3,(H2,17,18,21). The van der Waals surface area contributed by atoms with Gasteiger partial charge in [-0.05, 0) is 37.6 Å². The van der Waals surface area contributed by atoms with E-state index in [0.29, 0.717) is 12.2 Å². The Bertz CT molecular complexity index is 593. The number of aliphatic hydroxyl groups is 1. The number of nitrogens with zero attached hydrogens (tertiary/aromatic N) is 2. The van der Waals surface area contributed by atoms with E-state index in [-0.39, 0.29) is 12.6 Å². The van der Waals surface area contributed by atoms with Crippen LogP contribution < -0.4 is 10.6 Å². The van der Waals surface area contributed by atoms with Gasteiger partial charge < -0.3 is 15.7 Å². The molecular weight excluding hydrogens is 268 g/mol. The van der Waals surface area contributed by atoms with Gasteiger partial charge in [0.1, 0.15) is 0 Å². The van der Waals surface area contributed by atoms with Crippen LogP contribution in [0.5, 0.6) is 0 Å². The van der Waals surface area contributed by atoms with E-state index in [2.05, 4.69) is 15.7 Å². The van der Waals surface area contributed by atoms with E-state index in [1.807, 2.05) is 41.2 Å². The number of aromatic nitrogens is 2. The third-order valence-corrected chi connectivity index (χ3v) is 2.94. The van der Waals surface area contributed by atoms with Crippen molar-refractivity contribution in [3.8, 4) is 0 Å². The zero-order valence-electron chi connectivity index (χ0n) is 12.2. The number of carbonyl (C=O) groups is 1. The van der Waals surface area contributed by atoms with Crippen molar-refractivity contribution < 1.29 is 9.90 Å². The molecular formula is C15H20N4O2. The minimum atomic E-state index is -0.656. The highest BCUT2D eigenvalue weighted by Gasteiger charge is 2.18. The SMILES string of the molecule is CC(C)(CO)NC(=O)Nc1cccc(Cn2cccn2)c1.